The van der Waals surface area contributed by atoms with Gasteiger partial charge in [0.25, 0.3) is 0 Å². The van der Waals surface area contributed by atoms with Crippen LogP contribution in [0.5, 0.6) is 17.2 Å². The van der Waals surface area contributed by atoms with E-state index >= 15 is 0 Å². The molecule has 158 valence electrons. The van der Waals surface area contributed by atoms with E-state index in [1.54, 1.807) is 31.4 Å². The summed E-state index contributed by atoms with van der Waals surface area (Å²) in [5.74, 6) is 0.798. The van der Waals surface area contributed by atoms with E-state index < -0.39 is 0 Å². The number of aliphatic hydroxyl groups is 1. The number of hydrogen-bond acceptors (Lipinski definition) is 6. The van der Waals surface area contributed by atoms with Gasteiger partial charge in [0.2, 0.25) is 0 Å². The van der Waals surface area contributed by atoms with Crippen LogP contribution in [0.15, 0.2) is 55.6 Å². The number of phenolic OH excluding ortho intramolecular Hbond substituents is 1. The number of carbonyl (C=O) groups excluding carboxylic acids is 1. The average Bonchev–Trinajstić information content (AvgIpc) is 2.74. The largest absolute Gasteiger partial charge is 0.507 e. The van der Waals surface area contributed by atoms with E-state index in [0.29, 0.717) is 29.9 Å². The van der Waals surface area contributed by atoms with Gasteiger partial charge in [-0.15, -0.1) is 13.2 Å². The lowest BCUT2D eigenvalue weighted by atomic mass is 10.0. The molecule has 0 bridgehead atoms. The van der Waals surface area contributed by atoms with E-state index in [9.17, 15) is 10.2 Å². The second-order valence-corrected chi connectivity index (χ2v) is 5.85. The second-order valence-electron chi connectivity index (χ2n) is 5.85. The number of methoxy groups -OCH3 is 2. The Kier molecular flexibility index (Phi) is 13.3. The summed E-state index contributed by atoms with van der Waals surface area (Å²) < 4.78 is 9.92. The van der Waals surface area contributed by atoms with Crippen LogP contribution in [0.1, 0.15) is 22.3 Å². The van der Waals surface area contributed by atoms with Crippen LogP contribution in [0, 0.1) is 0 Å². The standard InChI is InChI=1S/C12H16O3.C10H12O2.CH2O/c1-3-4-9-5-10(7-13)12(14)11(6-9)8-15-2;1-3-4-8-5-6-9(11)10(7-8)12-2;1-2/h3,5-6,13-14H,1,4,7-8H2,2H3;3,5-7,11H,1,4H2,2H3;1H2. The van der Waals surface area contributed by atoms with Gasteiger partial charge in [0.05, 0.1) is 20.3 Å². The minimum atomic E-state index is -0.173. The molecule has 3 N–H and O–H groups in total. The van der Waals surface area contributed by atoms with Gasteiger partial charge >= 0.3 is 0 Å². The Hall–Kier alpha value is -3.09. The van der Waals surface area contributed by atoms with Crippen molar-refractivity contribution in [3.63, 3.8) is 0 Å². The van der Waals surface area contributed by atoms with Crippen LogP contribution in [0.2, 0.25) is 0 Å². The molecule has 0 heterocycles. The molecule has 0 amide bonds. The van der Waals surface area contributed by atoms with Crippen molar-refractivity contribution < 1.29 is 29.6 Å². The van der Waals surface area contributed by atoms with E-state index in [-0.39, 0.29) is 18.1 Å². The molecule has 0 spiro atoms. The van der Waals surface area contributed by atoms with Crippen LogP contribution >= 0.6 is 0 Å². The van der Waals surface area contributed by atoms with E-state index in [1.807, 2.05) is 25.0 Å². The fraction of sp³-hybridized carbons (Fsp3) is 0.261. The van der Waals surface area contributed by atoms with Crippen LogP contribution in [-0.4, -0.2) is 36.3 Å². The first-order chi connectivity index (χ1) is 14.0. The Morgan fingerprint density at radius 2 is 1.52 bits per heavy atom. The zero-order valence-corrected chi connectivity index (χ0v) is 17.1. The van der Waals surface area contributed by atoms with E-state index in [2.05, 4.69) is 13.2 Å². The SMILES string of the molecule is C=CCc1cc(CO)c(O)c(COC)c1.C=CCc1ccc(O)c(OC)c1.C=O. The summed E-state index contributed by atoms with van der Waals surface area (Å²) in [5, 5.41) is 28.1. The van der Waals surface area contributed by atoms with Crippen LogP contribution in [-0.2, 0) is 35.6 Å². The highest BCUT2D eigenvalue weighted by Gasteiger charge is 2.08. The zero-order chi connectivity index (χ0) is 22.2. The molecule has 0 atom stereocenters. The maximum atomic E-state index is 9.75. The minimum absolute atomic E-state index is 0.118. The summed E-state index contributed by atoms with van der Waals surface area (Å²) in [4.78, 5) is 8.00. The monoisotopic (exact) mass is 402 g/mol. The van der Waals surface area contributed by atoms with Crippen LogP contribution in [0.25, 0.3) is 0 Å². The van der Waals surface area contributed by atoms with Gasteiger partial charge in [-0.2, -0.15) is 0 Å². The summed E-state index contributed by atoms with van der Waals surface area (Å²) >= 11 is 0. The summed E-state index contributed by atoms with van der Waals surface area (Å²) in [7, 11) is 3.10. The molecule has 0 saturated carbocycles. The topological polar surface area (TPSA) is 96.2 Å². The normalized spacial score (nSPS) is 9.34. The Morgan fingerprint density at radius 3 is 2.03 bits per heavy atom. The lowest BCUT2D eigenvalue weighted by Gasteiger charge is -2.10. The lowest BCUT2D eigenvalue weighted by Crippen LogP contribution is -1.96. The van der Waals surface area contributed by atoms with Crippen molar-refractivity contribution in [2.24, 2.45) is 0 Å². The molecule has 2 aromatic rings. The summed E-state index contributed by atoms with van der Waals surface area (Å²) in [6.07, 6.45) is 5.09. The molecule has 0 fully saturated rings. The Bertz CT molecular complexity index is 770. The van der Waals surface area contributed by atoms with Crippen molar-refractivity contribution >= 4 is 6.79 Å². The average molecular weight is 402 g/mol. The molecule has 2 aromatic carbocycles. The predicted molar refractivity (Wildman–Crippen MR) is 114 cm³/mol. The van der Waals surface area contributed by atoms with Gasteiger partial charge in [0.15, 0.2) is 11.5 Å². The molecule has 29 heavy (non-hydrogen) atoms. The quantitative estimate of drug-likeness (QED) is 0.583. The first-order valence-corrected chi connectivity index (χ1v) is 8.80. The van der Waals surface area contributed by atoms with Gasteiger partial charge in [0.1, 0.15) is 12.5 Å². The van der Waals surface area contributed by atoms with Crippen LogP contribution in [0.3, 0.4) is 0 Å². The molecular weight excluding hydrogens is 372 g/mol. The highest BCUT2D eigenvalue weighted by molar-refractivity contribution is 5.44. The van der Waals surface area contributed by atoms with Gasteiger partial charge < -0.3 is 29.6 Å². The van der Waals surface area contributed by atoms with Crippen LogP contribution in [0.4, 0.5) is 0 Å². The third-order valence-electron chi connectivity index (χ3n) is 3.80. The number of benzene rings is 2. The molecule has 0 unspecified atom stereocenters. The van der Waals surface area contributed by atoms with Crippen molar-refractivity contribution in [2.45, 2.75) is 26.1 Å². The molecule has 0 aliphatic carbocycles. The maximum Gasteiger partial charge on any atom is 0.160 e. The fourth-order valence-electron chi connectivity index (χ4n) is 2.52. The maximum absolute atomic E-state index is 9.75. The summed E-state index contributed by atoms with van der Waals surface area (Å²) in [6.45, 7) is 9.45. The molecule has 0 saturated heterocycles. The number of allylic oxidation sites excluding steroid dienone is 2. The molecule has 6 heteroatoms. The highest BCUT2D eigenvalue weighted by atomic mass is 16.5. The number of aliphatic hydroxyl groups excluding tert-OH is 1. The smallest absolute Gasteiger partial charge is 0.160 e. The van der Waals surface area contributed by atoms with Gasteiger partial charge in [0, 0.05) is 18.2 Å². The number of hydrogen-bond donors (Lipinski definition) is 3. The third-order valence-corrected chi connectivity index (χ3v) is 3.80. The van der Waals surface area contributed by atoms with Crippen LogP contribution < -0.4 is 4.74 Å². The molecular formula is C23H30O6. The number of aromatic hydroxyl groups is 2. The van der Waals surface area contributed by atoms with E-state index in [4.69, 9.17) is 19.4 Å². The van der Waals surface area contributed by atoms with Gasteiger partial charge in [-0.1, -0.05) is 18.2 Å². The van der Waals surface area contributed by atoms with Crippen molar-refractivity contribution in [2.75, 3.05) is 14.2 Å². The molecule has 0 radical (unpaired) electrons. The summed E-state index contributed by atoms with van der Waals surface area (Å²) in [5.41, 5.74) is 3.32. The molecule has 2 rings (SSSR count). The molecule has 0 aromatic heterocycles. The number of ether oxygens (including phenoxy) is 2. The third kappa shape index (κ3) is 8.64. The van der Waals surface area contributed by atoms with Gasteiger partial charge in [-0.05, 0) is 48.2 Å². The van der Waals surface area contributed by atoms with E-state index in [1.165, 1.54) is 7.11 Å². The van der Waals surface area contributed by atoms with Gasteiger partial charge in [-0.3, -0.25) is 0 Å². The van der Waals surface area contributed by atoms with Crippen molar-refractivity contribution in [3.05, 3.63) is 77.9 Å². The van der Waals surface area contributed by atoms with Gasteiger partial charge in [-0.25, -0.2) is 0 Å². The fourth-order valence-corrected chi connectivity index (χ4v) is 2.52. The van der Waals surface area contributed by atoms with Crippen molar-refractivity contribution in [1.82, 2.24) is 0 Å². The Morgan fingerprint density at radius 1 is 0.931 bits per heavy atom. The first-order valence-electron chi connectivity index (χ1n) is 8.80. The lowest BCUT2D eigenvalue weighted by molar-refractivity contribution is -0.0980. The Labute approximate surface area is 172 Å². The predicted octanol–water partition coefficient (Wildman–Crippen LogP) is 3.70. The minimum Gasteiger partial charge on any atom is -0.507 e. The molecule has 0 aliphatic rings. The number of carbonyl (C=O) groups is 1. The zero-order valence-electron chi connectivity index (χ0n) is 17.1. The number of phenols is 2. The summed E-state index contributed by atoms with van der Waals surface area (Å²) in [6, 6.07) is 8.91. The highest BCUT2D eigenvalue weighted by Crippen LogP contribution is 2.27. The van der Waals surface area contributed by atoms with Crippen molar-refractivity contribution in [1.29, 1.82) is 0 Å². The molecule has 6 nitrogen and oxygen atoms in total. The van der Waals surface area contributed by atoms with Crippen molar-refractivity contribution in [3.8, 4) is 17.2 Å². The van der Waals surface area contributed by atoms with E-state index in [0.717, 1.165) is 17.5 Å². The molecule has 0 aliphatic heterocycles. The number of rotatable bonds is 8. The first kappa shape index (κ1) is 25.9. The Balaban J connectivity index is 0.000000508. The second kappa shape index (κ2) is 14.9.